The van der Waals surface area contributed by atoms with Crippen LogP contribution < -0.4 is 10.6 Å². The van der Waals surface area contributed by atoms with Crippen molar-refractivity contribution in [2.75, 3.05) is 7.05 Å². The molecule has 1 aromatic carbocycles. The molecule has 17 heavy (non-hydrogen) atoms. The van der Waals surface area contributed by atoms with Gasteiger partial charge in [-0.3, -0.25) is 0 Å². The molecule has 0 aliphatic heterocycles. The molecular formula is C12H14Cl2N2S. The largest absolute Gasteiger partial charge is 0.390 e. The van der Waals surface area contributed by atoms with Crippen LogP contribution in [0.2, 0.25) is 10.0 Å². The predicted octanol–water partition coefficient (Wildman–Crippen LogP) is 3.70. The third kappa shape index (κ3) is 3.60. The summed E-state index contributed by atoms with van der Waals surface area (Å²) in [6.45, 7) is 2.05. The standard InChI is InChI=1S/C12H14Cl2N2S/c1-8(11(15-2)6-16-7-17)9-4-3-5-10(13)12(9)14/h3-8,15H,1-2H3,(H,16,17)/b11-6-. The number of likely N-dealkylation sites (N-methyl/N-ethyl adjacent to an activating group) is 1. The van der Waals surface area contributed by atoms with Crippen LogP contribution in [0.25, 0.3) is 0 Å². The van der Waals surface area contributed by atoms with E-state index in [0.717, 1.165) is 11.3 Å². The average molecular weight is 289 g/mol. The Hall–Kier alpha value is -0.770. The molecule has 92 valence electrons. The molecule has 5 heteroatoms. The first-order chi connectivity index (χ1) is 8.11. The number of benzene rings is 1. The summed E-state index contributed by atoms with van der Waals surface area (Å²) >= 11 is 16.9. The van der Waals surface area contributed by atoms with E-state index in [1.807, 2.05) is 32.3 Å². The van der Waals surface area contributed by atoms with Gasteiger partial charge in [0.15, 0.2) is 0 Å². The van der Waals surface area contributed by atoms with Crippen LogP contribution in [0, 0.1) is 0 Å². The summed E-state index contributed by atoms with van der Waals surface area (Å²) in [6.07, 6.45) is 1.81. The Morgan fingerprint density at radius 2 is 2.12 bits per heavy atom. The first-order valence-electron chi connectivity index (χ1n) is 5.13. The Morgan fingerprint density at radius 3 is 2.71 bits per heavy atom. The van der Waals surface area contributed by atoms with E-state index in [4.69, 9.17) is 35.4 Å². The smallest absolute Gasteiger partial charge is 0.0654 e. The molecule has 2 nitrogen and oxygen atoms in total. The number of hydrogen-bond acceptors (Lipinski definition) is 2. The van der Waals surface area contributed by atoms with Crippen LogP contribution in [0.1, 0.15) is 18.4 Å². The van der Waals surface area contributed by atoms with Gasteiger partial charge in [-0.25, -0.2) is 0 Å². The molecule has 0 fully saturated rings. The molecule has 0 aliphatic rings. The third-order valence-corrected chi connectivity index (χ3v) is 3.48. The van der Waals surface area contributed by atoms with Crippen LogP contribution >= 0.6 is 35.4 Å². The minimum absolute atomic E-state index is 0.105. The first kappa shape index (κ1) is 14.3. The second-order valence-corrected chi connectivity index (χ2v) is 4.52. The van der Waals surface area contributed by atoms with Crippen molar-refractivity contribution in [2.24, 2.45) is 0 Å². The zero-order chi connectivity index (χ0) is 12.8. The van der Waals surface area contributed by atoms with Crippen LogP contribution in [-0.4, -0.2) is 12.5 Å². The maximum atomic E-state index is 6.19. The zero-order valence-electron chi connectivity index (χ0n) is 9.63. The van der Waals surface area contributed by atoms with Gasteiger partial charge in [-0.05, 0) is 11.6 Å². The molecule has 1 aromatic rings. The summed E-state index contributed by atoms with van der Waals surface area (Å²) in [5, 5.41) is 7.14. The van der Waals surface area contributed by atoms with Crippen molar-refractivity contribution in [3.05, 3.63) is 45.7 Å². The third-order valence-electron chi connectivity index (χ3n) is 2.51. The van der Waals surface area contributed by atoms with Crippen molar-refractivity contribution in [3.8, 4) is 0 Å². The molecule has 0 aromatic heterocycles. The molecular weight excluding hydrogens is 275 g/mol. The second kappa shape index (κ2) is 6.84. The van der Waals surface area contributed by atoms with Gasteiger partial charge in [0.25, 0.3) is 0 Å². The van der Waals surface area contributed by atoms with Gasteiger partial charge in [-0.15, -0.1) is 0 Å². The maximum Gasteiger partial charge on any atom is 0.0654 e. The van der Waals surface area contributed by atoms with Crippen molar-refractivity contribution in [1.29, 1.82) is 0 Å². The highest BCUT2D eigenvalue weighted by atomic mass is 35.5. The fraction of sp³-hybridized carbons (Fsp3) is 0.250. The average Bonchev–Trinajstić information content (AvgIpc) is 2.33. The van der Waals surface area contributed by atoms with Crippen LogP contribution in [-0.2, 0) is 0 Å². The molecule has 1 atom stereocenters. The van der Waals surface area contributed by atoms with Gasteiger partial charge in [0.2, 0.25) is 0 Å². The molecule has 0 bridgehead atoms. The summed E-state index contributed by atoms with van der Waals surface area (Å²) in [6, 6.07) is 5.62. The Bertz CT molecular complexity index is 433. The van der Waals surface area contributed by atoms with Gasteiger partial charge in [0.1, 0.15) is 0 Å². The quantitative estimate of drug-likeness (QED) is 0.808. The summed E-state index contributed by atoms with van der Waals surface area (Å²) in [5.74, 6) is 0.105. The summed E-state index contributed by atoms with van der Waals surface area (Å²) < 4.78 is 0. The number of nitrogens with one attached hydrogen (secondary N) is 2. The fourth-order valence-corrected chi connectivity index (χ4v) is 2.10. The van der Waals surface area contributed by atoms with E-state index in [0.29, 0.717) is 10.0 Å². The number of halogens is 2. The van der Waals surface area contributed by atoms with Crippen LogP contribution in [0.3, 0.4) is 0 Å². The van der Waals surface area contributed by atoms with Crippen molar-refractivity contribution in [1.82, 2.24) is 10.6 Å². The summed E-state index contributed by atoms with van der Waals surface area (Å²) in [4.78, 5) is 0. The lowest BCUT2D eigenvalue weighted by Gasteiger charge is -2.18. The molecule has 1 rings (SSSR count). The van der Waals surface area contributed by atoms with E-state index < -0.39 is 0 Å². The lowest BCUT2D eigenvalue weighted by atomic mass is 9.98. The van der Waals surface area contributed by atoms with Crippen molar-refractivity contribution < 1.29 is 0 Å². The second-order valence-electron chi connectivity index (χ2n) is 3.50. The van der Waals surface area contributed by atoms with Gasteiger partial charge < -0.3 is 10.6 Å². The number of thiocarbonyl (C=S) groups is 1. The molecule has 0 spiro atoms. The summed E-state index contributed by atoms with van der Waals surface area (Å²) in [5.41, 5.74) is 3.41. The minimum Gasteiger partial charge on any atom is -0.390 e. The SMILES string of the molecule is CN/C(=C\NC=S)C(C)c1cccc(Cl)c1Cl. The van der Waals surface area contributed by atoms with E-state index >= 15 is 0 Å². The van der Waals surface area contributed by atoms with Gasteiger partial charge in [-0.2, -0.15) is 0 Å². The van der Waals surface area contributed by atoms with E-state index in [1.165, 1.54) is 5.49 Å². The Labute approximate surface area is 117 Å². The van der Waals surface area contributed by atoms with Crippen molar-refractivity contribution >= 4 is 40.9 Å². The van der Waals surface area contributed by atoms with Gasteiger partial charge in [-0.1, -0.05) is 54.5 Å². The Morgan fingerprint density at radius 1 is 1.41 bits per heavy atom. The fourth-order valence-electron chi connectivity index (χ4n) is 1.56. The molecule has 0 radical (unpaired) electrons. The van der Waals surface area contributed by atoms with Crippen LogP contribution in [0.5, 0.6) is 0 Å². The van der Waals surface area contributed by atoms with Gasteiger partial charge in [0, 0.05) is 24.9 Å². The lowest BCUT2D eigenvalue weighted by molar-refractivity contribution is 0.783. The highest BCUT2D eigenvalue weighted by molar-refractivity contribution is 7.78. The van der Waals surface area contributed by atoms with Gasteiger partial charge >= 0.3 is 0 Å². The van der Waals surface area contributed by atoms with Crippen molar-refractivity contribution in [2.45, 2.75) is 12.8 Å². The molecule has 1 unspecified atom stereocenters. The normalized spacial score (nSPS) is 13.1. The molecule has 0 saturated carbocycles. The number of rotatable bonds is 5. The van der Waals surface area contributed by atoms with E-state index in [1.54, 1.807) is 6.07 Å². The Kier molecular flexibility index (Phi) is 5.75. The Balaban J connectivity index is 3.05. The predicted molar refractivity (Wildman–Crippen MR) is 78.8 cm³/mol. The molecule has 0 heterocycles. The lowest BCUT2D eigenvalue weighted by Crippen LogP contribution is -2.16. The minimum atomic E-state index is 0.105. The molecule has 0 aliphatic carbocycles. The topological polar surface area (TPSA) is 24.1 Å². The molecule has 0 amide bonds. The highest BCUT2D eigenvalue weighted by Crippen LogP contribution is 2.33. The number of allylic oxidation sites excluding steroid dienone is 1. The molecule has 2 N–H and O–H groups in total. The van der Waals surface area contributed by atoms with E-state index in [2.05, 4.69) is 10.6 Å². The zero-order valence-corrected chi connectivity index (χ0v) is 12.0. The summed E-state index contributed by atoms with van der Waals surface area (Å²) in [7, 11) is 1.85. The number of hydrogen-bond donors (Lipinski definition) is 2. The van der Waals surface area contributed by atoms with Crippen molar-refractivity contribution in [3.63, 3.8) is 0 Å². The van der Waals surface area contributed by atoms with E-state index in [-0.39, 0.29) is 5.92 Å². The first-order valence-corrected chi connectivity index (χ1v) is 6.36. The van der Waals surface area contributed by atoms with Crippen LogP contribution in [0.4, 0.5) is 0 Å². The van der Waals surface area contributed by atoms with Gasteiger partial charge in [0.05, 0.1) is 15.5 Å². The monoisotopic (exact) mass is 288 g/mol. The molecule has 0 saturated heterocycles. The highest BCUT2D eigenvalue weighted by Gasteiger charge is 2.15. The van der Waals surface area contributed by atoms with E-state index in [9.17, 15) is 0 Å². The maximum absolute atomic E-state index is 6.19. The van der Waals surface area contributed by atoms with Crippen LogP contribution in [0.15, 0.2) is 30.1 Å².